The van der Waals surface area contributed by atoms with Crippen molar-refractivity contribution in [2.45, 2.75) is 32.1 Å². The molecule has 1 aromatic carbocycles. The predicted molar refractivity (Wildman–Crippen MR) is 103 cm³/mol. The van der Waals surface area contributed by atoms with Crippen molar-refractivity contribution in [2.24, 2.45) is 0 Å². The molecule has 0 aliphatic heterocycles. The Balaban J connectivity index is 2.80. The average Bonchev–Trinajstić information content (AvgIpc) is 2.88. The lowest BCUT2D eigenvalue weighted by molar-refractivity contribution is 1.17. The van der Waals surface area contributed by atoms with Gasteiger partial charge in [-0.2, -0.15) is 0 Å². The highest BCUT2D eigenvalue weighted by atomic mass is 32.2. The molecule has 1 aromatic rings. The molecule has 0 fully saturated rings. The number of hydrogen-bond acceptors (Lipinski definition) is 1. The monoisotopic (exact) mass is 308 g/mol. The number of fused-ring (bicyclic) bond motifs is 1. The van der Waals surface area contributed by atoms with Crippen molar-refractivity contribution in [3.63, 3.8) is 0 Å². The maximum atomic E-state index is 4.04. The predicted octanol–water partition coefficient (Wildman–Crippen LogP) is 6.55. The first-order valence-electron chi connectivity index (χ1n) is 7.65. The Morgan fingerprint density at radius 1 is 1.27 bits per heavy atom. The molecule has 0 unspecified atom stereocenters. The minimum absolute atomic E-state index is 1.03. The third-order valence-corrected chi connectivity index (χ3v) is 4.64. The lowest BCUT2D eigenvalue weighted by atomic mass is 9.90. The fourth-order valence-corrected chi connectivity index (χ4v) is 3.57. The van der Waals surface area contributed by atoms with Gasteiger partial charge in [-0.1, -0.05) is 54.7 Å². The normalized spacial score (nSPS) is 14.7. The molecule has 1 aliphatic rings. The minimum atomic E-state index is 1.03. The SMILES string of the molecule is C=C/C(=C\C=C/C)c1c(/C=C/C)c(SC)cc2c1CC(C)=C2. The van der Waals surface area contributed by atoms with Crippen LogP contribution in [0.15, 0.2) is 53.5 Å². The Labute approximate surface area is 139 Å². The van der Waals surface area contributed by atoms with E-state index in [2.05, 4.69) is 69.2 Å². The molecule has 0 aromatic heterocycles. The highest BCUT2D eigenvalue weighted by Crippen LogP contribution is 2.39. The smallest absolute Gasteiger partial charge is 0.0154 e. The molecule has 114 valence electrons. The Hall–Kier alpha value is -1.73. The van der Waals surface area contributed by atoms with Crippen molar-refractivity contribution in [2.75, 3.05) is 6.26 Å². The van der Waals surface area contributed by atoms with Gasteiger partial charge in [-0.15, -0.1) is 11.8 Å². The van der Waals surface area contributed by atoms with Gasteiger partial charge in [0.1, 0.15) is 0 Å². The zero-order chi connectivity index (χ0) is 16.1. The summed E-state index contributed by atoms with van der Waals surface area (Å²) in [5.74, 6) is 0. The summed E-state index contributed by atoms with van der Waals surface area (Å²) < 4.78 is 0. The van der Waals surface area contributed by atoms with Crippen LogP contribution in [0.3, 0.4) is 0 Å². The fourth-order valence-electron chi connectivity index (χ4n) is 2.93. The van der Waals surface area contributed by atoms with E-state index in [1.54, 1.807) is 0 Å². The van der Waals surface area contributed by atoms with Crippen LogP contribution in [-0.2, 0) is 6.42 Å². The molecule has 0 N–H and O–H groups in total. The standard InChI is InChI=1S/C21H24S/c1-6-9-11-16(8-3)21-18(10-7-2)20(22-5)14-17-12-15(4)13-19(17)21/h6-12,14H,3,13H2,1-2,4-5H3/b9-6-,10-7+,16-11+. The van der Waals surface area contributed by atoms with Gasteiger partial charge in [0, 0.05) is 4.90 Å². The van der Waals surface area contributed by atoms with E-state index in [0.717, 1.165) is 6.42 Å². The molecule has 22 heavy (non-hydrogen) atoms. The molecule has 0 saturated carbocycles. The summed E-state index contributed by atoms with van der Waals surface area (Å²) in [6.07, 6.45) is 18.1. The highest BCUT2D eigenvalue weighted by molar-refractivity contribution is 7.98. The van der Waals surface area contributed by atoms with Gasteiger partial charge < -0.3 is 0 Å². The first-order chi connectivity index (χ1) is 10.7. The summed E-state index contributed by atoms with van der Waals surface area (Å²) >= 11 is 1.81. The van der Waals surface area contributed by atoms with E-state index >= 15 is 0 Å². The molecule has 0 spiro atoms. The zero-order valence-electron chi connectivity index (χ0n) is 13.9. The van der Waals surface area contributed by atoms with Crippen LogP contribution in [0.2, 0.25) is 0 Å². The molecule has 0 saturated heterocycles. The van der Waals surface area contributed by atoms with Crippen molar-refractivity contribution in [1.82, 2.24) is 0 Å². The van der Waals surface area contributed by atoms with Crippen LogP contribution >= 0.6 is 11.8 Å². The molecule has 0 heterocycles. The number of allylic oxidation sites excluding steroid dienone is 7. The van der Waals surface area contributed by atoms with Gasteiger partial charge in [0.15, 0.2) is 0 Å². The van der Waals surface area contributed by atoms with Crippen LogP contribution in [0.4, 0.5) is 0 Å². The third kappa shape index (κ3) is 3.20. The molecule has 0 atom stereocenters. The summed E-state index contributed by atoms with van der Waals surface area (Å²) in [6.45, 7) is 10.4. The van der Waals surface area contributed by atoms with Gasteiger partial charge in [0.05, 0.1) is 0 Å². The van der Waals surface area contributed by atoms with Gasteiger partial charge in [-0.05, 0) is 67.3 Å². The quantitative estimate of drug-likeness (QED) is 0.439. The molecule has 0 radical (unpaired) electrons. The summed E-state index contributed by atoms with van der Waals surface area (Å²) in [4.78, 5) is 1.33. The van der Waals surface area contributed by atoms with E-state index in [4.69, 9.17) is 0 Å². The largest absolute Gasteiger partial charge is 0.129 e. The molecule has 1 aliphatic carbocycles. The number of hydrogen-bond donors (Lipinski definition) is 0. The second-order valence-electron chi connectivity index (χ2n) is 5.45. The van der Waals surface area contributed by atoms with Gasteiger partial charge in [-0.3, -0.25) is 0 Å². The molecule has 2 rings (SSSR count). The number of thioether (sulfide) groups is 1. The maximum absolute atomic E-state index is 4.04. The molecule has 0 amide bonds. The zero-order valence-corrected chi connectivity index (χ0v) is 14.8. The molecular formula is C21H24S. The lowest BCUT2D eigenvalue weighted by Crippen LogP contribution is -1.99. The topological polar surface area (TPSA) is 0 Å². The van der Waals surface area contributed by atoms with Crippen molar-refractivity contribution >= 4 is 29.5 Å². The Kier molecular flexibility index (Phi) is 5.68. The first kappa shape index (κ1) is 16.6. The second-order valence-corrected chi connectivity index (χ2v) is 6.30. The Morgan fingerprint density at radius 2 is 2.05 bits per heavy atom. The third-order valence-electron chi connectivity index (χ3n) is 3.86. The van der Waals surface area contributed by atoms with Crippen LogP contribution in [0.25, 0.3) is 17.7 Å². The number of benzene rings is 1. The van der Waals surface area contributed by atoms with Crippen molar-refractivity contribution in [3.05, 3.63) is 70.9 Å². The first-order valence-corrected chi connectivity index (χ1v) is 8.88. The van der Waals surface area contributed by atoms with Crippen molar-refractivity contribution < 1.29 is 0 Å². The molecule has 1 heteroatoms. The van der Waals surface area contributed by atoms with Gasteiger partial charge in [-0.25, -0.2) is 0 Å². The van der Waals surface area contributed by atoms with Crippen LogP contribution in [0.1, 0.15) is 43.0 Å². The van der Waals surface area contributed by atoms with Crippen LogP contribution in [0.5, 0.6) is 0 Å². The highest BCUT2D eigenvalue weighted by Gasteiger charge is 2.20. The van der Waals surface area contributed by atoms with E-state index in [1.165, 1.54) is 38.3 Å². The number of rotatable bonds is 5. The summed E-state index contributed by atoms with van der Waals surface area (Å²) in [5.41, 5.74) is 8.06. The van der Waals surface area contributed by atoms with E-state index in [9.17, 15) is 0 Å². The van der Waals surface area contributed by atoms with E-state index < -0.39 is 0 Å². The summed E-state index contributed by atoms with van der Waals surface area (Å²) in [6, 6.07) is 2.33. The minimum Gasteiger partial charge on any atom is -0.129 e. The Morgan fingerprint density at radius 3 is 2.64 bits per heavy atom. The van der Waals surface area contributed by atoms with Gasteiger partial charge in [0.2, 0.25) is 0 Å². The van der Waals surface area contributed by atoms with Gasteiger partial charge >= 0.3 is 0 Å². The molecular weight excluding hydrogens is 284 g/mol. The molecule has 0 bridgehead atoms. The maximum Gasteiger partial charge on any atom is 0.0154 e. The van der Waals surface area contributed by atoms with Crippen molar-refractivity contribution in [3.8, 4) is 0 Å². The lowest BCUT2D eigenvalue weighted by Gasteiger charge is -2.17. The van der Waals surface area contributed by atoms with Crippen LogP contribution in [0, 0.1) is 0 Å². The summed E-state index contributed by atoms with van der Waals surface area (Å²) in [5, 5.41) is 0. The average molecular weight is 308 g/mol. The van der Waals surface area contributed by atoms with Gasteiger partial charge in [0.25, 0.3) is 0 Å². The molecule has 0 nitrogen and oxygen atoms in total. The van der Waals surface area contributed by atoms with E-state index in [0.29, 0.717) is 0 Å². The van der Waals surface area contributed by atoms with Crippen LogP contribution in [-0.4, -0.2) is 6.26 Å². The summed E-state index contributed by atoms with van der Waals surface area (Å²) in [7, 11) is 0. The van der Waals surface area contributed by atoms with E-state index in [1.807, 2.05) is 24.8 Å². The Bertz CT molecular complexity index is 697. The fraction of sp³-hybridized carbons (Fsp3) is 0.238. The van der Waals surface area contributed by atoms with E-state index in [-0.39, 0.29) is 0 Å². The van der Waals surface area contributed by atoms with Crippen LogP contribution < -0.4 is 0 Å². The van der Waals surface area contributed by atoms with Crippen molar-refractivity contribution in [1.29, 1.82) is 0 Å². The second kappa shape index (κ2) is 7.51.